The Hall–Kier alpha value is -3.38. The van der Waals surface area contributed by atoms with Gasteiger partial charge in [-0.25, -0.2) is 9.97 Å². The molecule has 0 radical (unpaired) electrons. The lowest BCUT2D eigenvalue weighted by atomic mass is 9.81. The first-order valence-electron chi connectivity index (χ1n) is 15.5. The smallest absolute Gasteiger partial charge is 0.237 e. The van der Waals surface area contributed by atoms with Crippen molar-refractivity contribution in [1.29, 1.82) is 0 Å². The maximum absolute atomic E-state index is 9.28. The molecule has 2 heterocycles. The van der Waals surface area contributed by atoms with E-state index in [2.05, 4.69) is 20.6 Å². The summed E-state index contributed by atoms with van der Waals surface area (Å²) >= 11 is 14.1. The third-order valence-electron chi connectivity index (χ3n) is 8.95. The van der Waals surface area contributed by atoms with Gasteiger partial charge < -0.3 is 30.3 Å². The van der Waals surface area contributed by atoms with Crippen LogP contribution in [0.5, 0.6) is 11.8 Å². The van der Waals surface area contributed by atoms with Gasteiger partial charge in [-0.2, -0.15) is 0 Å². The highest BCUT2D eigenvalue weighted by Gasteiger charge is 2.29. The fourth-order valence-electron chi connectivity index (χ4n) is 6.08. The molecule has 4 aromatic rings. The first kappa shape index (κ1) is 32.6. The van der Waals surface area contributed by atoms with Crippen LogP contribution in [0.4, 0.5) is 0 Å². The summed E-state index contributed by atoms with van der Waals surface area (Å²) in [5.41, 5.74) is 5.45. The molecule has 0 unspecified atom stereocenters. The van der Waals surface area contributed by atoms with E-state index in [1.54, 1.807) is 26.6 Å². The molecule has 2 aliphatic rings. The van der Waals surface area contributed by atoms with Crippen molar-refractivity contribution in [3.05, 3.63) is 70.2 Å². The molecule has 0 atom stereocenters. The van der Waals surface area contributed by atoms with Gasteiger partial charge in [-0.1, -0.05) is 59.6 Å². The molecule has 0 bridgehead atoms. The van der Waals surface area contributed by atoms with Gasteiger partial charge in [-0.05, 0) is 37.5 Å². The highest BCUT2D eigenvalue weighted by molar-refractivity contribution is 6.39. The van der Waals surface area contributed by atoms with Crippen molar-refractivity contribution in [1.82, 2.24) is 30.6 Å². The molecule has 0 amide bonds. The predicted octanol–water partition coefficient (Wildman–Crippen LogP) is 5.31. The minimum absolute atomic E-state index is 0.230. The number of rotatable bonds is 13. The van der Waals surface area contributed by atoms with Crippen LogP contribution in [-0.4, -0.2) is 69.7 Å². The lowest BCUT2D eigenvalue weighted by molar-refractivity contribution is 0.126. The van der Waals surface area contributed by atoms with Gasteiger partial charge >= 0.3 is 0 Å². The van der Waals surface area contributed by atoms with Gasteiger partial charge in [0.15, 0.2) is 0 Å². The number of nitrogens with one attached hydrogen (secondary N) is 2. The molecule has 2 saturated carbocycles. The molecule has 2 fully saturated rings. The highest BCUT2D eigenvalue weighted by atomic mass is 35.5. The van der Waals surface area contributed by atoms with E-state index in [-0.39, 0.29) is 13.2 Å². The van der Waals surface area contributed by atoms with Gasteiger partial charge in [0, 0.05) is 60.6 Å². The van der Waals surface area contributed by atoms with Crippen LogP contribution in [0.3, 0.4) is 0 Å². The maximum Gasteiger partial charge on any atom is 0.237 e. The summed E-state index contributed by atoms with van der Waals surface area (Å²) in [6, 6.07) is 12.2. The lowest BCUT2D eigenvalue weighted by Gasteiger charge is -2.34. The van der Waals surface area contributed by atoms with E-state index in [9.17, 15) is 10.2 Å². The van der Waals surface area contributed by atoms with E-state index < -0.39 is 0 Å². The molecule has 242 valence electrons. The average Bonchev–Trinajstić information content (AvgIpc) is 3.04. The highest BCUT2D eigenvalue weighted by Crippen LogP contribution is 2.42. The number of methoxy groups -OCH3 is 2. The molecule has 0 aliphatic heterocycles. The van der Waals surface area contributed by atoms with E-state index >= 15 is 0 Å². The number of benzene rings is 2. The van der Waals surface area contributed by atoms with Gasteiger partial charge in [-0.3, -0.25) is 9.97 Å². The van der Waals surface area contributed by atoms with Crippen molar-refractivity contribution in [2.45, 2.75) is 50.9 Å². The Kier molecular flexibility index (Phi) is 10.3. The van der Waals surface area contributed by atoms with Crippen molar-refractivity contribution in [2.75, 3.05) is 27.4 Å². The minimum atomic E-state index is 0.230. The third-order valence-corrected chi connectivity index (χ3v) is 9.77. The van der Waals surface area contributed by atoms with Crippen molar-refractivity contribution in [2.24, 2.45) is 11.8 Å². The summed E-state index contributed by atoms with van der Waals surface area (Å²) in [5.74, 6) is 1.61. The molecule has 2 aliphatic carbocycles. The second-order valence-electron chi connectivity index (χ2n) is 12.0. The van der Waals surface area contributed by atoms with Crippen LogP contribution < -0.4 is 20.1 Å². The Bertz CT molecular complexity index is 1560. The quantitative estimate of drug-likeness (QED) is 0.149. The van der Waals surface area contributed by atoms with Crippen LogP contribution in [0.1, 0.15) is 37.1 Å². The van der Waals surface area contributed by atoms with E-state index in [0.29, 0.717) is 92.7 Å². The SMILES string of the molecule is COc1nc(-c2cccc(-c3cccc(-c4cnc(CN[C@H]5C[C@@H](CO)C5)c(OC)n4)c3Cl)c2Cl)cnc1CN[C@H]1C[C@@H](CO)C1. The fraction of sp³-hybridized carbons (Fsp3) is 0.412. The van der Waals surface area contributed by atoms with Crippen molar-refractivity contribution in [3.63, 3.8) is 0 Å². The molecule has 46 heavy (non-hydrogen) atoms. The van der Waals surface area contributed by atoms with Crippen LogP contribution in [0.15, 0.2) is 48.8 Å². The number of aliphatic hydroxyl groups excluding tert-OH is 2. The van der Waals surface area contributed by atoms with Gasteiger partial charge in [0.1, 0.15) is 11.4 Å². The molecule has 0 saturated heterocycles. The number of hydrogen-bond acceptors (Lipinski definition) is 10. The van der Waals surface area contributed by atoms with Crippen molar-refractivity contribution < 1.29 is 19.7 Å². The van der Waals surface area contributed by atoms with Gasteiger partial charge in [-0.15, -0.1) is 0 Å². The first-order chi connectivity index (χ1) is 22.4. The zero-order chi connectivity index (χ0) is 32.2. The Labute approximate surface area is 278 Å². The van der Waals surface area contributed by atoms with Crippen LogP contribution in [0.25, 0.3) is 33.6 Å². The summed E-state index contributed by atoms with van der Waals surface area (Å²) in [5, 5.41) is 26.5. The molecule has 2 aromatic carbocycles. The van der Waals surface area contributed by atoms with Crippen molar-refractivity contribution >= 4 is 23.2 Å². The molecule has 0 spiro atoms. The molecular weight excluding hydrogens is 627 g/mol. The Morgan fingerprint density at radius 3 is 1.43 bits per heavy atom. The summed E-state index contributed by atoms with van der Waals surface area (Å²) < 4.78 is 11.2. The largest absolute Gasteiger partial charge is 0.480 e. The molecule has 12 heteroatoms. The summed E-state index contributed by atoms with van der Waals surface area (Å²) in [6.45, 7) is 1.50. The zero-order valence-electron chi connectivity index (χ0n) is 25.8. The Morgan fingerprint density at radius 1 is 0.674 bits per heavy atom. The van der Waals surface area contributed by atoms with Crippen LogP contribution >= 0.6 is 23.2 Å². The van der Waals surface area contributed by atoms with Crippen LogP contribution in [-0.2, 0) is 13.1 Å². The average molecular weight is 666 g/mol. The van der Waals surface area contributed by atoms with Gasteiger partial charge in [0.2, 0.25) is 11.8 Å². The van der Waals surface area contributed by atoms with E-state index in [0.717, 1.165) is 36.8 Å². The summed E-state index contributed by atoms with van der Waals surface area (Å²) in [7, 11) is 3.16. The molecule has 10 nitrogen and oxygen atoms in total. The van der Waals surface area contributed by atoms with E-state index in [1.807, 2.05) is 36.4 Å². The monoisotopic (exact) mass is 664 g/mol. The van der Waals surface area contributed by atoms with Gasteiger partial charge in [0.25, 0.3) is 0 Å². The molecule has 2 aromatic heterocycles. The normalized spacial score (nSPS) is 20.6. The van der Waals surface area contributed by atoms with Crippen LogP contribution in [0, 0.1) is 11.8 Å². The number of ether oxygens (including phenoxy) is 2. The number of aromatic nitrogens is 4. The van der Waals surface area contributed by atoms with Crippen LogP contribution in [0.2, 0.25) is 10.0 Å². The van der Waals surface area contributed by atoms with E-state index in [4.69, 9.17) is 42.6 Å². The first-order valence-corrected chi connectivity index (χ1v) is 16.2. The molecule has 6 rings (SSSR count). The number of hydrogen-bond donors (Lipinski definition) is 4. The lowest BCUT2D eigenvalue weighted by Crippen LogP contribution is -2.42. The fourth-order valence-corrected chi connectivity index (χ4v) is 6.73. The topological polar surface area (TPSA) is 135 Å². The van der Waals surface area contributed by atoms with E-state index in [1.165, 1.54) is 0 Å². The number of aliphatic hydroxyl groups is 2. The summed E-state index contributed by atoms with van der Waals surface area (Å²) in [6.07, 6.45) is 7.21. The second-order valence-corrected chi connectivity index (χ2v) is 12.7. The minimum Gasteiger partial charge on any atom is -0.480 e. The molecular formula is C34H38Cl2N6O4. The summed E-state index contributed by atoms with van der Waals surface area (Å²) in [4.78, 5) is 18.8. The Balaban J connectivity index is 1.22. The Morgan fingerprint density at radius 2 is 1.07 bits per heavy atom. The maximum atomic E-state index is 9.28. The molecule has 4 N–H and O–H groups in total. The predicted molar refractivity (Wildman–Crippen MR) is 178 cm³/mol. The number of nitrogens with zero attached hydrogens (tertiary/aromatic N) is 4. The second kappa shape index (κ2) is 14.6. The van der Waals surface area contributed by atoms with Crippen molar-refractivity contribution in [3.8, 4) is 45.4 Å². The zero-order valence-corrected chi connectivity index (χ0v) is 27.4. The number of halogens is 2. The third kappa shape index (κ3) is 6.83. The standard InChI is InChI=1S/C34H38Cl2N6O4/c1-45-33-29(15-37-21-9-19(10-21)17-43)39-13-27(41-33)25-7-3-5-23(31(25)35)24-6-4-8-26(32(24)36)28-14-40-30(34(42-28)46-2)16-38-22-11-20(12-22)18-44/h3-8,13-14,19-22,37-38,43-44H,9-12,15-18H2,1-2H3/t19-,20-,21+,22+. The van der Waals surface area contributed by atoms with Gasteiger partial charge in [0.05, 0.1) is 48.0 Å².